The highest BCUT2D eigenvalue weighted by molar-refractivity contribution is 5.91. The average molecular weight is 437 g/mol. The van der Waals surface area contributed by atoms with Gasteiger partial charge in [0.25, 0.3) is 0 Å². The minimum absolute atomic E-state index is 0.0442. The lowest BCUT2D eigenvalue weighted by Crippen LogP contribution is -2.54. The Morgan fingerprint density at radius 2 is 1.61 bits per heavy atom. The lowest BCUT2D eigenvalue weighted by atomic mass is 10.0. The van der Waals surface area contributed by atoms with Gasteiger partial charge in [0.2, 0.25) is 5.91 Å². The number of esters is 2. The molecule has 2 atom stereocenters. The van der Waals surface area contributed by atoms with Crippen LogP contribution in [-0.2, 0) is 35.2 Å². The van der Waals surface area contributed by atoms with E-state index in [1.165, 1.54) is 0 Å². The predicted molar refractivity (Wildman–Crippen MR) is 113 cm³/mol. The molecule has 2 N–H and O–H groups in total. The molecule has 0 spiro atoms. The highest BCUT2D eigenvalue weighted by Gasteiger charge is 2.32. The zero-order chi connectivity index (χ0) is 23.6. The highest BCUT2D eigenvalue weighted by atomic mass is 16.6. The molecule has 0 aliphatic heterocycles. The maximum atomic E-state index is 12.8. The van der Waals surface area contributed by atoms with Crippen LogP contribution in [0.5, 0.6) is 0 Å². The third-order valence-electron chi connectivity index (χ3n) is 4.03. The van der Waals surface area contributed by atoms with Crippen molar-refractivity contribution in [3.63, 3.8) is 0 Å². The van der Waals surface area contributed by atoms with E-state index in [-0.39, 0.29) is 12.5 Å². The van der Waals surface area contributed by atoms with E-state index in [4.69, 9.17) is 9.47 Å². The first kappa shape index (κ1) is 25.9. The smallest absolute Gasteiger partial charge is 0.408 e. The number of ether oxygens (including phenoxy) is 3. The summed E-state index contributed by atoms with van der Waals surface area (Å²) in [5.74, 6) is -2.43. The molecule has 0 fully saturated rings. The molecule has 31 heavy (non-hydrogen) atoms. The van der Waals surface area contributed by atoms with E-state index in [2.05, 4.69) is 15.4 Å². The van der Waals surface area contributed by atoms with Crippen LogP contribution in [0.15, 0.2) is 30.3 Å². The molecule has 0 aromatic heterocycles. The molecule has 0 unspecified atom stereocenters. The van der Waals surface area contributed by atoms with Crippen LogP contribution < -0.4 is 10.6 Å². The van der Waals surface area contributed by atoms with E-state index in [9.17, 15) is 19.2 Å². The Bertz CT molecular complexity index is 757. The number of hydrogen-bond donors (Lipinski definition) is 2. The SMILES string of the molecule is COC(=O)[C@H](CC(=O)OC(C)(C)C)NC(=O)[C@H](NC(=O)OCc1ccccc1)C(C)C. The first-order valence-electron chi connectivity index (χ1n) is 10.00. The van der Waals surface area contributed by atoms with Gasteiger partial charge in [0, 0.05) is 0 Å². The number of amides is 2. The fourth-order valence-corrected chi connectivity index (χ4v) is 2.57. The largest absolute Gasteiger partial charge is 0.467 e. The molecule has 1 aromatic rings. The summed E-state index contributed by atoms with van der Waals surface area (Å²) in [5, 5.41) is 4.96. The van der Waals surface area contributed by atoms with Crippen LogP contribution in [0.4, 0.5) is 4.79 Å². The molecular formula is C22H32N2O7. The number of carbonyl (C=O) groups is 4. The summed E-state index contributed by atoms with van der Waals surface area (Å²) in [5.41, 5.74) is 0.0538. The monoisotopic (exact) mass is 436 g/mol. The predicted octanol–water partition coefficient (Wildman–Crippen LogP) is 2.33. The summed E-state index contributed by atoms with van der Waals surface area (Å²) in [4.78, 5) is 49.1. The molecule has 0 radical (unpaired) electrons. The van der Waals surface area contributed by atoms with Crippen molar-refractivity contribution < 1.29 is 33.4 Å². The Morgan fingerprint density at radius 1 is 1.00 bits per heavy atom. The second-order valence-corrected chi connectivity index (χ2v) is 8.30. The number of hydrogen-bond acceptors (Lipinski definition) is 7. The number of rotatable bonds is 9. The molecule has 0 aliphatic rings. The molecule has 0 saturated heterocycles. The number of benzene rings is 1. The fraction of sp³-hybridized carbons (Fsp3) is 0.545. The first-order valence-corrected chi connectivity index (χ1v) is 10.00. The number of alkyl carbamates (subject to hydrolysis) is 1. The summed E-state index contributed by atoms with van der Waals surface area (Å²) >= 11 is 0. The van der Waals surface area contributed by atoms with Crippen LogP contribution in [0.2, 0.25) is 0 Å². The molecule has 0 heterocycles. The van der Waals surface area contributed by atoms with Gasteiger partial charge in [-0.2, -0.15) is 0 Å². The van der Waals surface area contributed by atoms with E-state index < -0.39 is 48.0 Å². The normalized spacial score (nSPS) is 13.0. The highest BCUT2D eigenvalue weighted by Crippen LogP contribution is 2.11. The Kier molecular flexibility index (Phi) is 9.98. The Labute approximate surface area is 182 Å². The van der Waals surface area contributed by atoms with Crippen molar-refractivity contribution in [1.29, 1.82) is 0 Å². The van der Waals surface area contributed by atoms with E-state index >= 15 is 0 Å². The zero-order valence-electron chi connectivity index (χ0n) is 18.9. The molecule has 0 bridgehead atoms. The van der Waals surface area contributed by atoms with E-state index in [1.807, 2.05) is 18.2 Å². The van der Waals surface area contributed by atoms with Crippen LogP contribution in [0.3, 0.4) is 0 Å². The molecule has 0 saturated carbocycles. The lowest BCUT2D eigenvalue weighted by Gasteiger charge is -2.25. The van der Waals surface area contributed by atoms with Gasteiger partial charge in [0.1, 0.15) is 24.3 Å². The third-order valence-corrected chi connectivity index (χ3v) is 4.03. The summed E-state index contributed by atoms with van der Waals surface area (Å²) < 4.78 is 15.0. The maximum Gasteiger partial charge on any atom is 0.408 e. The second-order valence-electron chi connectivity index (χ2n) is 8.30. The Balaban J connectivity index is 2.76. The van der Waals surface area contributed by atoms with Gasteiger partial charge in [0.05, 0.1) is 13.5 Å². The second kappa shape index (κ2) is 11.9. The van der Waals surface area contributed by atoms with Gasteiger partial charge in [-0.15, -0.1) is 0 Å². The number of carbonyl (C=O) groups excluding carboxylic acids is 4. The molecule has 0 aliphatic carbocycles. The van der Waals surface area contributed by atoms with E-state index in [1.54, 1.807) is 46.8 Å². The van der Waals surface area contributed by atoms with Gasteiger partial charge < -0.3 is 24.8 Å². The van der Waals surface area contributed by atoms with Crippen LogP contribution in [0.25, 0.3) is 0 Å². The molecule has 9 heteroatoms. The van der Waals surface area contributed by atoms with Crippen molar-refractivity contribution in [2.75, 3.05) is 7.11 Å². The van der Waals surface area contributed by atoms with Crippen molar-refractivity contribution in [2.24, 2.45) is 5.92 Å². The van der Waals surface area contributed by atoms with Gasteiger partial charge in [-0.05, 0) is 32.3 Å². The molecule has 172 valence electrons. The van der Waals surface area contributed by atoms with Gasteiger partial charge in [-0.25, -0.2) is 9.59 Å². The third kappa shape index (κ3) is 9.97. The first-order chi connectivity index (χ1) is 14.4. The Hall–Kier alpha value is -3.10. The standard InChI is InChI=1S/C22H32N2O7/c1-14(2)18(24-21(28)30-13-15-10-8-7-9-11-15)19(26)23-16(20(27)29-6)12-17(25)31-22(3,4)5/h7-11,14,16,18H,12-13H2,1-6H3,(H,23,26)(H,24,28)/t16-,18+/m0/s1. The van der Waals surface area contributed by atoms with Gasteiger partial charge in [-0.1, -0.05) is 44.2 Å². The van der Waals surface area contributed by atoms with E-state index in [0.717, 1.165) is 12.7 Å². The maximum absolute atomic E-state index is 12.8. The minimum Gasteiger partial charge on any atom is -0.467 e. The van der Waals surface area contributed by atoms with Crippen molar-refractivity contribution >= 4 is 23.9 Å². The fourth-order valence-electron chi connectivity index (χ4n) is 2.57. The summed E-state index contributed by atoms with van der Waals surface area (Å²) in [6, 6.07) is 6.84. The quantitative estimate of drug-likeness (QED) is 0.450. The van der Waals surface area contributed by atoms with Crippen molar-refractivity contribution in [3.05, 3.63) is 35.9 Å². The van der Waals surface area contributed by atoms with Crippen molar-refractivity contribution in [2.45, 2.75) is 65.3 Å². The van der Waals surface area contributed by atoms with Crippen molar-refractivity contribution in [3.8, 4) is 0 Å². The summed E-state index contributed by atoms with van der Waals surface area (Å²) in [6.45, 7) is 8.57. The number of nitrogens with one attached hydrogen (secondary N) is 2. The summed E-state index contributed by atoms with van der Waals surface area (Å²) in [6.07, 6.45) is -1.18. The lowest BCUT2D eigenvalue weighted by molar-refractivity contribution is -0.159. The van der Waals surface area contributed by atoms with Gasteiger partial charge in [-0.3, -0.25) is 9.59 Å². The topological polar surface area (TPSA) is 120 Å². The molecule has 1 aromatic carbocycles. The molecule has 1 rings (SSSR count). The average Bonchev–Trinajstić information content (AvgIpc) is 2.68. The molecule has 2 amide bonds. The van der Waals surface area contributed by atoms with Gasteiger partial charge >= 0.3 is 18.0 Å². The summed E-state index contributed by atoms with van der Waals surface area (Å²) in [7, 11) is 1.15. The van der Waals surface area contributed by atoms with Crippen LogP contribution in [0, 0.1) is 5.92 Å². The van der Waals surface area contributed by atoms with Crippen molar-refractivity contribution in [1.82, 2.24) is 10.6 Å². The van der Waals surface area contributed by atoms with Crippen LogP contribution in [0.1, 0.15) is 46.6 Å². The Morgan fingerprint density at radius 3 is 2.13 bits per heavy atom. The zero-order valence-corrected chi connectivity index (χ0v) is 18.9. The van der Waals surface area contributed by atoms with E-state index in [0.29, 0.717) is 0 Å². The van der Waals surface area contributed by atoms with Crippen LogP contribution in [-0.4, -0.2) is 48.7 Å². The van der Waals surface area contributed by atoms with Crippen LogP contribution >= 0.6 is 0 Å². The number of methoxy groups -OCH3 is 1. The molecular weight excluding hydrogens is 404 g/mol. The minimum atomic E-state index is -1.25. The molecule has 9 nitrogen and oxygen atoms in total. The van der Waals surface area contributed by atoms with Gasteiger partial charge in [0.15, 0.2) is 0 Å².